The van der Waals surface area contributed by atoms with E-state index in [4.69, 9.17) is 10.8 Å². The van der Waals surface area contributed by atoms with Crippen molar-refractivity contribution in [1.82, 2.24) is 0 Å². The molecular formula is C15H16FNO. The summed E-state index contributed by atoms with van der Waals surface area (Å²) in [6.07, 6.45) is 0.639. The average molecular weight is 245 g/mol. The molecule has 0 aliphatic heterocycles. The van der Waals surface area contributed by atoms with E-state index in [0.717, 1.165) is 16.7 Å². The van der Waals surface area contributed by atoms with Gasteiger partial charge in [-0.2, -0.15) is 0 Å². The van der Waals surface area contributed by atoms with Gasteiger partial charge in [0, 0.05) is 6.04 Å². The van der Waals surface area contributed by atoms with E-state index in [0.29, 0.717) is 6.42 Å². The highest BCUT2D eigenvalue weighted by Crippen LogP contribution is 2.20. The molecule has 2 aromatic carbocycles. The van der Waals surface area contributed by atoms with E-state index >= 15 is 0 Å². The van der Waals surface area contributed by atoms with Crippen LogP contribution in [0.1, 0.15) is 5.56 Å². The summed E-state index contributed by atoms with van der Waals surface area (Å²) in [6, 6.07) is 14.1. The van der Waals surface area contributed by atoms with E-state index in [1.54, 1.807) is 6.07 Å². The fourth-order valence-corrected chi connectivity index (χ4v) is 1.87. The SMILES string of the molecule is NC(CO)Cc1ccc(-c2cccc(F)c2)cc1. The fourth-order valence-electron chi connectivity index (χ4n) is 1.87. The zero-order chi connectivity index (χ0) is 13.0. The first kappa shape index (κ1) is 12.7. The zero-order valence-corrected chi connectivity index (χ0v) is 10.0. The van der Waals surface area contributed by atoms with E-state index in [-0.39, 0.29) is 18.5 Å². The van der Waals surface area contributed by atoms with Crippen LogP contribution in [0.4, 0.5) is 4.39 Å². The molecule has 0 bridgehead atoms. The molecule has 2 nitrogen and oxygen atoms in total. The van der Waals surface area contributed by atoms with E-state index in [1.165, 1.54) is 12.1 Å². The van der Waals surface area contributed by atoms with Crippen molar-refractivity contribution < 1.29 is 9.50 Å². The maximum Gasteiger partial charge on any atom is 0.123 e. The highest BCUT2D eigenvalue weighted by Gasteiger charge is 2.03. The summed E-state index contributed by atoms with van der Waals surface area (Å²) in [6.45, 7) is -0.0222. The van der Waals surface area contributed by atoms with E-state index in [2.05, 4.69) is 0 Å². The van der Waals surface area contributed by atoms with Crippen molar-refractivity contribution in [2.45, 2.75) is 12.5 Å². The molecule has 0 amide bonds. The molecule has 18 heavy (non-hydrogen) atoms. The lowest BCUT2D eigenvalue weighted by molar-refractivity contribution is 0.265. The van der Waals surface area contributed by atoms with Crippen molar-refractivity contribution in [2.24, 2.45) is 5.73 Å². The number of aliphatic hydroxyl groups excluding tert-OH is 1. The van der Waals surface area contributed by atoms with Crippen molar-refractivity contribution in [3.8, 4) is 11.1 Å². The summed E-state index contributed by atoms with van der Waals surface area (Å²) in [5.41, 5.74) is 8.56. The Balaban J connectivity index is 2.17. The molecule has 0 spiro atoms. The summed E-state index contributed by atoms with van der Waals surface area (Å²) in [5.74, 6) is -0.237. The van der Waals surface area contributed by atoms with E-state index in [1.807, 2.05) is 30.3 Å². The first-order valence-electron chi connectivity index (χ1n) is 5.90. The smallest absolute Gasteiger partial charge is 0.123 e. The minimum Gasteiger partial charge on any atom is -0.395 e. The Labute approximate surface area is 106 Å². The van der Waals surface area contributed by atoms with Gasteiger partial charge < -0.3 is 10.8 Å². The predicted molar refractivity (Wildman–Crippen MR) is 70.6 cm³/mol. The minimum atomic E-state index is -0.237. The van der Waals surface area contributed by atoms with Crippen LogP contribution in [0, 0.1) is 5.82 Å². The number of hydrogen-bond donors (Lipinski definition) is 2. The predicted octanol–water partition coefficient (Wildman–Crippen LogP) is 2.35. The Morgan fingerprint density at radius 2 is 1.78 bits per heavy atom. The van der Waals surface area contributed by atoms with Gasteiger partial charge in [0.25, 0.3) is 0 Å². The number of benzene rings is 2. The largest absolute Gasteiger partial charge is 0.395 e. The molecule has 0 radical (unpaired) electrons. The van der Waals surface area contributed by atoms with Crippen LogP contribution >= 0.6 is 0 Å². The summed E-state index contributed by atoms with van der Waals surface area (Å²) in [7, 11) is 0. The number of rotatable bonds is 4. The van der Waals surface area contributed by atoms with E-state index < -0.39 is 0 Å². The quantitative estimate of drug-likeness (QED) is 0.868. The Kier molecular flexibility index (Phi) is 4.07. The topological polar surface area (TPSA) is 46.2 Å². The third kappa shape index (κ3) is 3.15. The third-order valence-electron chi connectivity index (χ3n) is 2.84. The van der Waals surface area contributed by atoms with Crippen LogP contribution in [0.3, 0.4) is 0 Å². The first-order chi connectivity index (χ1) is 8.69. The van der Waals surface area contributed by atoms with Crippen molar-refractivity contribution in [2.75, 3.05) is 6.61 Å². The summed E-state index contributed by atoms with van der Waals surface area (Å²) < 4.78 is 13.1. The summed E-state index contributed by atoms with van der Waals surface area (Å²) in [5, 5.41) is 8.89. The monoisotopic (exact) mass is 245 g/mol. The van der Waals surface area contributed by atoms with Gasteiger partial charge in [-0.05, 0) is 35.2 Å². The summed E-state index contributed by atoms with van der Waals surface area (Å²) >= 11 is 0. The van der Waals surface area contributed by atoms with Crippen LogP contribution in [0.5, 0.6) is 0 Å². The van der Waals surface area contributed by atoms with Crippen LogP contribution in [-0.2, 0) is 6.42 Å². The first-order valence-corrected chi connectivity index (χ1v) is 5.90. The van der Waals surface area contributed by atoms with Crippen LogP contribution in [0.15, 0.2) is 48.5 Å². The Morgan fingerprint density at radius 1 is 1.06 bits per heavy atom. The molecule has 2 rings (SSSR count). The maximum absolute atomic E-state index is 13.1. The van der Waals surface area contributed by atoms with Gasteiger partial charge in [0.15, 0.2) is 0 Å². The normalized spacial score (nSPS) is 12.4. The van der Waals surface area contributed by atoms with Crippen LogP contribution < -0.4 is 5.73 Å². The zero-order valence-electron chi connectivity index (χ0n) is 10.0. The third-order valence-corrected chi connectivity index (χ3v) is 2.84. The highest BCUT2D eigenvalue weighted by atomic mass is 19.1. The second kappa shape index (κ2) is 5.76. The number of nitrogens with two attached hydrogens (primary N) is 1. The molecular weight excluding hydrogens is 229 g/mol. The lowest BCUT2D eigenvalue weighted by Crippen LogP contribution is -2.26. The van der Waals surface area contributed by atoms with Gasteiger partial charge in [0.2, 0.25) is 0 Å². The molecule has 1 atom stereocenters. The van der Waals surface area contributed by atoms with Crippen molar-refractivity contribution in [3.63, 3.8) is 0 Å². The summed E-state index contributed by atoms with van der Waals surface area (Å²) in [4.78, 5) is 0. The molecule has 94 valence electrons. The standard InChI is InChI=1S/C15H16FNO/c16-14-3-1-2-13(9-14)12-6-4-11(5-7-12)8-15(17)10-18/h1-7,9,15,18H,8,10,17H2. The lowest BCUT2D eigenvalue weighted by Gasteiger charge is -2.09. The van der Waals surface area contributed by atoms with Gasteiger partial charge in [-0.1, -0.05) is 36.4 Å². The van der Waals surface area contributed by atoms with Gasteiger partial charge in [0.05, 0.1) is 6.61 Å². The molecule has 0 heterocycles. The van der Waals surface area contributed by atoms with Gasteiger partial charge in [-0.3, -0.25) is 0 Å². The molecule has 0 aliphatic rings. The molecule has 2 aromatic rings. The lowest BCUT2D eigenvalue weighted by atomic mass is 10.0. The van der Waals surface area contributed by atoms with Gasteiger partial charge in [0.1, 0.15) is 5.82 Å². The number of aliphatic hydroxyl groups is 1. The molecule has 0 aliphatic carbocycles. The van der Waals surface area contributed by atoms with Crippen LogP contribution in [-0.4, -0.2) is 17.8 Å². The Morgan fingerprint density at radius 3 is 2.39 bits per heavy atom. The van der Waals surface area contributed by atoms with Crippen molar-refractivity contribution in [1.29, 1.82) is 0 Å². The maximum atomic E-state index is 13.1. The molecule has 0 saturated heterocycles. The highest BCUT2D eigenvalue weighted by molar-refractivity contribution is 5.63. The molecule has 3 heteroatoms. The Bertz CT molecular complexity index is 510. The fraction of sp³-hybridized carbons (Fsp3) is 0.200. The average Bonchev–Trinajstić information content (AvgIpc) is 2.39. The molecule has 0 fully saturated rings. The second-order valence-electron chi connectivity index (χ2n) is 4.35. The molecule has 0 saturated carbocycles. The second-order valence-corrected chi connectivity index (χ2v) is 4.35. The van der Waals surface area contributed by atoms with E-state index in [9.17, 15) is 4.39 Å². The van der Waals surface area contributed by atoms with Crippen LogP contribution in [0.25, 0.3) is 11.1 Å². The molecule has 1 unspecified atom stereocenters. The van der Waals surface area contributed by atoms with Crippen molar-refractivity contribution in [3.05, 3.63) is 59.9 Å². The Hall–Kier alpha value is -1.71. The minimum absolute atomic E-state index is 0.0222. The van der Waals surface area contributed by atoms with Gasteiger partial charge in [-0.25, -0.2) is 4.39 Å². The van der Waals surface area contributed by atoms with Crippen molar-refractivity contribution >= 4 is 0 Å². The number of hydrogen-bond acceptors (Lipinski definition) is 2. The van der Waals surface area contributed by atoms with Gasteiger partial charge in [-0.15, -0.1) is 0 Å². The molecule has 3 N–H and O–H groups in total. The number of halogens is 1. The van der Waals surface area contributed by atoms with Crippen LogP contribution in [0.2, 0.25) is 0 Å². The van der Waals surface area contributed by atoms with Gasteiger partial charge >= 0.3 is 0 Å². The molecule has 0 aromatic heterocycles.